The van der Waals surface area contributed by atoms with Crippen LogP contribution >= 0.6 is 0 Å². The van der Waals surface area contributed by atoms with E-state index in [-0.39, 0.29) is 5.56 Å². The second kappa shape index (κ2) is 7.71. The number of morpholine rings is 1. The highest BCUT2D eigenvalue weighted by Crippen LogP contribution is 2.23. The van der Waals surface area contributed by atoms with Gasteiger partial charge in [0.05, 0.1) is 18.9 Å². The first-order valence-electron chi connectivity index (χ1n) is 11.0. The van der Waals surface area contributed by atoms with E-state index in [4.69, 9.17) is 14.8 Å². The van der Waals surface area contributed by atoms with Crippen LogP contribution in [0.15, 0.2) is 35.1 Å². The van der Waals surface area contributed by atoms with Crippen molar-refractivity contribution in [3.63, 3.8) is 0 Å². The molecule has 0 unspecified atom stereocenters. The number of hydrogen-bond acceptors (Lipinski definition) is 8. The van der Waals surface area contributed by atoms with Crippen LogP contribution in [-0.2, 0) is 11.3 Å². The van der Waals surface area contributed by atoms with Gasteiger partial charge >= 0.3 is 0 Å². The number of rotatable bonds is 4. The summed E-state index contributed by atoms with van der Waals surface area (Å²) in [4.78, 5) is 20.6. The van der Waals surface area contributed by atoms with Gasteiger partial charge in [0.2, 0.25) is 0 Å². The Kier molecular flexibility index (Phi) is 4.66. The third kappa shape index (κ3) is 3.28. The van der Waals surface area contributed by atoms with Crippen LogP contribution in [0.4, 0.5) is 0 Å². The Morgan fingerprint density at radius 2 is 1.79 bits per heavy atom. The van der Waals surface area contributed by atoms with Gasteiger partial charge in [0, 0.05) is 42.6 Å². The monoisotopic (exact) mass is 445 g/mol. The van der Waals surface area contributed by atoms with Gasteiger partial charge in [-0.3, -0.25) is 14.3 Å². The molecule has 0 spiro atoms. The molecule has 33 heavy (non-hydrogen) atoms. The van der Waals surface area contributed by atoms with Crippen molar-refractivity contribution in [2.24, 2.45) is 0 Å². The predicted molar refractivity (Wildman–Crippen MR) is 122 cm³/mol. The molecular formula is C22H23N9O2. The minimum Gasteiger partial charge on any atom is -0.379 e. The van der Waals surface area contributed by atoms with Gasteiger partial charge in [-0.15, -0.1) is 15.3 Å². The van der Waals surface area contributed by atoms with E-state index in [1.54, 1.807) is 13.8 Å². The lowest BCUT2D eigenvalue weighted by Crippen LogP contribution is -2.39. The molecule has 6 rings (SSSR count). The van der Waals surface area contributed by atoms with Crippen molar-refractivity contribution in [3.8, 4) is 5.95 Å². The van der Waals surface area contributed by atoms with Crippen LogP contribution in [0, 0.1) is 13.8 Å². The number of ether oxygens (including phenoxy) is 1. The summed E-state index contributed by atoms with van der Waals surface area (Å²) in [6.07, 6.45) is 0. The van der Waals surface area contributed by atoms with E-state index in [0.29, 0.717) is 48.0 Å². The van der Waals surface area contributed by atoms with Crippen LogP contribution in [0.3, 0.4) is 0 Å². The molecule has 1 fully saturated rings. The summed E-state index contributed by atoms with van der Waals surface area (Å²) in [5, 5.41) is 19.1. The van der Waals surface area contributed by atoms with Crippen LogP contribution in [0.25, 0.3) is 33.7 Å². The van der Waals surface area contributed by atoms with Crippen molar-refractivity contribution in [3.05, 3.63) is 52.1 Å². The molecule has 1 saturated heterocycles. The van der Waals surface area contributed by atoms with Gasteiger partial charge < -0.3 is 4.74 Å². The Morgan fingerprint density at radius 3 is 2.55 bits per heavy atom. The van der Waals surface area contributed by atoms with Crippen LogP contribution in [-0.4, -0.2) is 76.9 Å². The minimum absolute atomic E-state index is 0.0700. The van der Waals surface area contributed by atoms with Crippen molar-refractivity contribution in [1.82, 2.24) is 44.0 Å². The largest absolute Gasteiger partial charge is 0.379 e. The number of pyridine rings is 1. The number of fused-ring (bicyclic) bond motifs is 5. The third-order valence-electron chi connectivity index (χ3n) is 6.09. The zero-order chi connectivity index (χ0) is 22.5. The summed E-state index contributed by atoms with van der Waals surface area (Å²) in [6, 6.07) is 9.48. The lowest BCUT2D eigenvalue weighted by molar-refractivity contribution is 0.0364. The Hall–Kier alpha value is -3.70. The summed E-state index contributed by atoms with van der Waals surface area (Å²) in [5.41, 5.74) is 2.98. The quantitative estimate of drug-likeness (QED) is 0.405. The molecular weight excluding hydrogens is 422 g/mol. The normalized spacial score (nSPS) is 15.2. The van der Waals surface area contributed by atoms with Crippen molar-refractivity contribution in [2.75, 3.05) is 32.8 Å². The topological polar surface area (TPSA) is 108 Å². The van der Waals surface area contributed by atoms with E-state index in [1.165, 1.54) is 0 Å². The van der Waals surface area contributed by atoms with E-state index in [9.17, 15) is 4.79 Å². The first-order valence-corrected chi connectivity index (χ1v) is 11.0. The smallest absolute Gasteiger partial charge is 0.287 e. The molecule has 0 aliphatic carbocycles. The van der Waals surface area contributed by atoms with E-state index in [2.05, 4.69) is 20.2 Å². The second-order valence-electron chi connectivity index (χ2n) is 8.29. The molecule has 1 aliphatic rings. The van der Waals surface area contributed by atoms with Gasteiger partial charge in [-0.1, -0.05) is 18.2 Å². The Bertz CT molecular complexity index is 1560. The Morgan fingerprint density at radius 1 is 1.00 bits per heavy atom. The summed E-state index contributed by atoms with van der Waals surface area (Å²) < 4.78 is 10.5. The molecule has 11 heteroatoms. The molecule has 0 bridgehead atoms. The fourth-order valence-electron chi connectivity index (χ4n) is 4.48. The fourth-order valence-corrected chi connectivity index (χ4v) is 4.48. The maximum atomic E-state index is 13.6. The third-order valence-corrected chi connectivity index (χ3v) is 6.09. The zero-order valence-corrected chi connectivity index (χ0v) is 18.5. The van der Waals surface area contributed by atoms with E-state index < -0.39 is 0 Å². The number of benzene rings is 1. The molecule has 0 atom stereocenters. The molecule has 0 saturated carbocycles. The van der Waals surface area contributed by atoms with E-state index in [1.807, 2.05) is 44.2 Å². The molecule has 4 aromatic heterocycles. The molecule has 11 nitrogen and oxygen atoms in total. The number of nitrogens with zero attached hydrogens (tertiary/aromatic N) is 9. The number of aryl methyl sites for hydroxylation is 2. The summed E-state index contributed by atoms with van der Waals surface area (Å²) in [5.74, 6) is 0.666. The first kappa shape index (κ1) is 19.9. The van der Waals surface area contributed by atoms with Crippen LogP contribution in [0.2, 0.25) is 0 Å². The average Bonchev–Trinajstić information content (AvgIpc) is 3.38. The van der Waals surface area contributed by atoms with Gasteiger partial charge in [0.15, 0.2) is 5.65 Å². The highest BCUT2D eigenvalue weighted by molar-refractivity contribution is 6.03. The van der Waals surface area contributed by atoms with Crippen molar-refractivity contribution < 1.29 is 4.74 Å². The summed E-state index contributed by atoms with van der Waals surface area (Å²) >= 11 is 0. The summed E-state index contributed by atoms with van der Waals surface area (Å²) in [7, 11) is 0. The van der Waals surface area contributed by atoms with Gasteiger partial charge in [-0.2, -0.15) is 9.61 Å². The van der Waals surface area contributed by atoms with Crippen molar-refractivity contribution in [1.29, 1.82) is 0 Å². The van der Waals surface area contributed by atoms with Crippen molar-refractivity contribution >= 4 is 27.7 Å². The molecule has 0 radical (unpaired) electrons. The minimum atomic E-state index is -0.0700. The molecule has 168 valence electrons. The average molecular weight is 445 g/mol. The fraction of sp³-hybridized carbons (Fsp3) is 0.364. The van der Waals surface area contributed by atoms with Gasteiger partial charge in [-0.25, -0.2) is 9.67 Å². The Labute approximate surface area is 188 Å². The van der Waals surface area contributed by atoms with E-state index in [0.717, 1.165) is 36.4 Å². The number of imidazole rings is 1. The standard InChI is InChI=1S/C22H23N9O2/c1-14-13-15(2)30(26-14)22-25-24-21-23-18-16-5-3-4-6-17(16)20(32)29(19(18)31(21)27-22)8-7-28-9-11-33-12-10-28/h3-6,13H,7-12H2,1-2H3. The molecule has 1 aliphatic heterocycles. The number of aromatic nitrogens is 8. The molecule has 1 aromatic carbocycles. The maximum Gasteiger partial charge on any atom is 0.287 e. The van der Waals surface area contributed by atoms with E-state index >= 15 is 0 Å². The highest BCUT2D eigenvalue weighted by atomic mass is 16.5. The lowest BCUT2D eigenvalue weighted by atomic mass is 10.1. The lowest BCUT2D eigenvalue weighted by Gasteiger charge is -2.26. The molecule has 5 heterocycles. The zero-order valence-electron chi connectivity index (χ0n) is 18.5. The molecule has 0 N–H and O–H groups in total. The first-order chi connectivity index (χ1) is 16.1. The molecule has 5 aromatic rings. The summed E-state index contributed by atoms with van der Waals surface area (Å²) in [6.45, 7) is 8.21. The second-order valence-corrected chi connectivity index (χ2v) is 8.29. The van der Waals surface area contributed by atoms with Crippen LogP contribution in [0.5, 0.6) is 0 Å². The maximum absolute atomic E-state index is 13.6. The highest BCUT2D eigenvalue weighted by Gasteiger charge is 2.20. The Balaban J connectivity index is 1.58. The predicted octanol–water partition coefficient (Wildman–Crippen LogP) is 1.12. The number of hydrogen-bond donors (Lipinski definition) is 0. The van der Waals surface area contributed by atoms with Crippen LogP contribution in [0.1, 0.15) is 11.4 Å². The van der Waals surface area contributed by atoms with Gasteiger partial charge in [-0.05, 0) is 26.0 Å². The molecule has 0 amide bonds. The van der Waals surface area contributed by atoms with Gasteiger partial charge in [0.25, 0.3) is 17.3 Å². The SMILES string of the molecule is Cc1cc(C)n(-c2nnc3nc4c5ccccc5c(=O)n(CCN5CCOCC5)c4n3n2)n1. The van der Waals surface area contributed by atoms with Crippen molar-refractivity contribution in [2.45, 2.75) is 20.4 Å². The van der Waals surface area contributed by atoms with Crippen LogP contribution < -0.4 is 5.56 Å². The van der Waals surface area contributed by atoms with Gasteiger partial charge in [0.1, 0.15) is 5.52 Å².